The van der Waals surface area contributed by atoms with Crippen LogP contribution in [0.25, 0.3) is 0 Å². The van der Waals surface area contributed by atoms with Crippen molar-refractivity contribution in [1.82, 2.24) is 14.9 Å². The van der Waals surface area contributed by atoms with E-state index in [0.717, 1.165) is 32.2 Å². The molecule has 3 aliphatic rings. The van der Waals surface area contributed by atoms with Crippen LogP contribution in [-0.4, -0.2) is 51.2 Å². The summed E-state index contributed by atoms with van der Waals surface area (Å²) in [5.41, 5.74) is 2.13. The molecule has 1 aromatic heterocycles. The van der Waals surface area contributed by atoms with Gasteiger partial charge in [0.25, 0.3) is 0 Å². The normalized spacial score (nSPS) is 25.6. The molecule has 1 aliphatic carbocycles. The highest BCUT2D eigenvalue weighted by Gasteiger charge is 2.42. The lowest BCUT2D eigenvalue weighted by Crippen LogP contribution is -2.50. The van der Waals surface area contributed by atoms with E-state index in [-0.39, 0.29) is 29.6 Å². The molecule has 0 radical (unpaired) electrons. The highest BCUT2D eigenvalue weighted by molar-refractivity contribution is 6.32. The highest BCUT2D eigenvalue weighted by atomic mass is 35.5. The molecular formula is C31H37ClFN5O2. The minimum absolute atomic E-state index is 0.0771. The van der Waals surface area contributed by atoms with Crippen molar-refractivity contribution in [3.05, 3.63) is 71.1 Å². The van der Waals surface area contributed by atoms with Gasteiger partial charge in [-0.3, -0.25) is 4.90 Å². The van der Waals surface area contributed by atoms with E-state index >= 15 is 0 Å². The first-order valence-electron chi connectivity index (χ1n) is 14.3. The number of anilines is 3. The molecular weight excluding hydrogens is 529 g/mol. The van der Waals surface area contributed by atoms with Crippen LogP contribution >= 0.6 is 11.6 Å². The van der Waals surface area contributed by atoms with Crippen LogP contribution in [0.4, 0.5) is 21.8 Å². The van der Waals surface area contributed by atoms with Crippen LogP contribution in [0.5, 0.6) is 5.75 Å². The molecule has 9 heteroatoms. The topological polar surface area (TPSA) is 71.5 Å². The summed E-state index contributed by atoms with van der Waals surface area (Å²) in [6, 6.07) is 16.4. The molecule has 7 nitrogen and oxygen atoms in total. The van der Waals surface area contributed by atoms with Gasteiger partial charge >= 0.3 is 0 Å². The molecule has 3 fully saturated rings. The zero-order valence-electron chi connectivity index (χ0n) is 23.1. The van der Waals surface area contributed by atoms with Gasteiger partial charge in [-0.05, 0) is 63.3 Å². The molecule has 3 aromatic rings. The minimum Gasteiger partial charge on any atom is -0.489 e. The van der Waals surface area contributed by atoms with E-state index in [1.54, 1.807) is 6.07 Å². The Morgan fingerprint density at radius 1 is 1.07 bits per heavy atom. The van der Waals surface area contributed by atoms with Gasteiger partial charge in [0.15, 0.2) is 11.6 Å². The second kappa shape index (κ2) is 11.5. The second-order valence-corrected chi connectivity index (χ2v) is 12.3. The van der Waals surface area contributed by atoms with Crippen molar-refractivity contribution in [3.8, 4) is 5.75 Å². The van der Waals surface area contributed by atoms with Gasteiger partial charge in [0.1, 0.15) is 11.9 Å². The Hall–Kier alpha value is -2.94. The number of hydrogen-bond donors (Lipinski definition) is 2. The second-order valence-electron chi connectivity index (χ2n) is 11.9. The fraction of sp³-hybridized carbons (Fsp3) is 0.484. The third-order valence-electron chi connectivity index (χ3n) is 8.53. The molecule has 2 saturated heterocycles. The van der Waals surface area contributed by atoms with Crippen LogP contribution < -0.4 is 15.4 Å². The van der Waals surface area contributed by atoms with Crippen LogP contribution in [0, 0.1) is 5.82 Å². The quantitative estimate of drug-likeness (QED) is 0.291. The van der Waals surface area contributed by atoms with Crippen LogP contribution in [0.3, 0.4) is 0 Å². The number of halogens is 2. The van der Waals surface area contributed by atoms with E-state index in [2.05, 4.69) is 51.5 Å². The zero-order valence-corrected chi connectivity index (χ0v) is 23.8. The Bertz CT molecular complexity index is 1320. The van der Waals surface area contributed by atoms with Crippen molar-refractivity contribution in [1.29, 1.82) is 0 Å². The van der Waals surface area contributed by atoms with Gasteiger partial charge in [0.05, 0.1) is 23.9 Å². The molecule has 6 rings (SSSR count). The number of fused-ring (bicyclic) bond motifs is 1. The maximum absolute atomic E-state index is 14.6. The number of rotatable bonds is 9. The summed E-state index contributed by atoms with van der Waals surface area (Å²) in [7, 11) is 0. The number of nitrogens with one attached hydrogen (secondary N) is 2. The van der Waals surface area contributed by atoms with Crippen molar-refractivity contribution in [2.24, 2.45) is 0 Å². The molecule has 2 atom stereocenters. The third-order valence-corrected chi connectivity index (χ3v) is 8.82. The average Bonchev–Trinajstić information content (AvgIpc) is 3.22. The van der Waals surface area contributed by atoms with Crippen LogP contribution in [0.15, 0.2) is 54.7 Å². The largest absolute Gasteiger partial charge is 0.489 e. The minimum atomic E-state index is -0.451. The van der Waals surface area contributed by atoms with E-state index in [1.807, 2.05) is 30.3 Å². The number of hydrogen-bond acceptors (Lipinski definition) is 7. The number of aromatic nitrogens is 2. The fourth-order valence-corrected chi connectivity index (χ4v) is 6.38. The Morgan fingerprint density at radius 3 is 2.70 bits per heavy atom. The van der Waals surface area contributed by atoms with Gasteiger partial charge in [0.2, 0.25) is 5.95 Å². The average molecular weight is 566 g/mol. The Kier molecular flexibility index (Phi) is 7.84. The molecule has 40 heavy (non-hydrogen) atoms. The molecule has 2 aliphatic heterocycles. The Balaban J connectivity index is 1.01. The van der Waals surface area contributed by atoms with Crippen molar-refractivity contribution >= 4 is 29.1 Å². The SMILES string of the molecule is CC1(C)CC[C@H]2C[C@@H](Nc3nc(Nc4ccc(OC5CC(OCc6ccccc6)C5)c(Cl)c4)ncc3F)CCN21. The van der Waals surface area contributed by atoms with Crippen LogP contribution in [0.1, 0.15) is 57.9 Å². The number of nitrogens with zero attached hydrogens (tertiary/aromatic N) is 3. The summed E-state index contributed by atoms with van der Waals surface area (Å²) < 4.78 is 26.7. The van der Waals surface area contributed by atoms with Gasteiger partial charge in [-0.1, -0.05) is 41.9 Å². The van der Waals surface area contributed by atoms with Crippen LogP contribution in [-0.2, 0) is 11.3 Å². The molecule has 0 amide bonds. The van der Waals surface area contributed by atoms with Crippen molar-refractivity contribution in [3.63, 3.8) is 0 Å². The van der Waals surface area contributed by atoms with E-state index in [9.17, 15) is 4.39 Å². The van der Waals surface area contributed by atoms with E-state index in [0.29, 0.717) is 35.1 Å². The van der Waals surface area contributed by atoms with E-state index in [4.69, 9.17) is 21.1 Å². The number of benzene rings is 2. The molecule has 3 heterocycles. The maximum atomic E-state index is 14.6. The number of ether oxygens (including phenoxy) is 2. The van der Waals surface area contributed by atoms with Crippen molar-refractivity contribution in [2.75, 3.05) is 17.2 Å². The first-order chi connectivity index (χ1) is 19.3. The first kappa shape index (κ1) is 27.2. The molecule has 2 aromatic carbocycles. The van der Waals surface area contributed by atoms with Crippen molar-refractivity contribution < 1.29 is 13.9 Å². The third kappa shape index (κ3) is 6.19. The van der Waals surface area contributed by atoms with Crippen molar-refractivity contribution in [2.45, 2.75) is 88.8 Å². The smallest absolute Gasteiger partial charge is 0.229 e. The lowest BCUT2D eigenvalue weighted by molar-refractivity contribution is -0.0683. The molecule has 2 N–H and O–H groups in total. The Morgan fingerprint density at radius 2 is 1.90 bits per heavy atom. The molecule has 0 bridgehead atoms. The molecule has 212 valence electrons. The Labute approximate surface area is 240 Å². The van der Waals surface area contributed by atoms with Gasteiger partial charge in [-0.15, -0.1) is 0 Å². The summed E-state index contributed by atoms with van der Waals surface area (Å²) in [6.45, 7) is 6.27. The summed E-state index contributed by atoms with van der Waals surface area (Å²) in [4.78, 5) is 11.2. The molecule has 0 spiro atoms. The van der Waals surface area contributed by atoms with Gasteiger partial charge in [-0.2, -0.15) is 4.98 Å². The molecule has 1 saturated carbocycles. The zero-order chi connectivity index (χ0) is 27.7. The lowest BCUT2D eigenvalue weighted by atomic mass is 9.92. The van der Waals surface area contributed by atoms with Gasteiger partial charge in [0, 0.05) is 42.7 Å². The highest BCUT2D eigenvalue weighted by Crippen LogP contribution is 2.39. The van der Waals surface area contributed by atoms with Crippen LogP contribution in [0.2, 0.25) is 5.02 Å². The van der Waals surface area contributed by atoms with E-state index in [1.165, 1.54) is 24.6 Å². The predicted octanol–water partition coefficient (Wildman–Crippen LogP) is 6.96. The van der Waals surface area contributed by atoms with Gasteiger partial charge in [-0.25, -0.2) is 9.37 Å². The standard InChI is InChI=1S/C31H37ClFN5O2/c1-31(2)12-10-23-14-22(11-13-38(23)31)35-29-27(33)18-34-30(37-29)36-21-8-9-28(26(32)15-21)40-25-16-24(17-25)39-19-20-6-4-3-5-7-20/h3-9,15,18,22-25H,10-14,16-17,19H2,1-2H3,(H2,34,35,36,37)/t22-,23-,24?,25?/m0/s1. The lowest BCUT2D eigenvalue weighted by Gasteiger charge is -2.42. The maximum Gasteiger partial charge on any atom is 0.229 e. The fourth-order valence-electron chi connectivity index (χ4n) is 6.16. The van der Waals surface area contributed by atoms with E-state index < -0.39 is 5.82 Å². The summed E-state index contributed by atoms with van der Waals surface area (Å²) in [5, 5.41) is 6.98. The first-order valence-corrected chi connectivity index (χ1v) is 14.6. The summed E-state index contributed by atoms with van der Waals surface area (Å²) in [6.07, 6.45) is 7.49. The van der Waals surface area contributed by atoms with Gasteiger partial charge < -0.3 is 20.1 Å². The number of piperidine rings is 1. The summed E-state index contributed by atoms with van der Waals surface area (Å²) >= 11 is 6.53. The molecule has 0 unspecified atom stereocenters. The summed E-state index contributed by atoms with van der Waals surface area (Å²) in [5.74, 6) is 0.717. The predicted molar refractivity (Wildman–Crippen MR) is 156 cm³/mol. The monoisotopic (exact) mass is 565 g/mol.